The van der Waals surface area contributed by atoms with Gasteiger partial charge in [0, 0.05) is 29.6 Å². The average molecular weight is 406 g/mol. The lowest BCUT2D eigenvalue weighted by molar-refractivity contribution is 0.406. The Labute approximate surface area is 164 Å². The minimum Gasteiger partial charge on any atom is -0.311 e. The van der Waals surface area contributed by atoms with Gasteiger partial charge in [-0.3, -0.25) is 0 Å². The van der Waals surface area contributed by atoms with Crippen molar-refractivity contribution in [1.29, 1.82) is 0 Å². The molecule has 1 heterocycles. The molecule has 7 heteroatoms. The maximum absolute atomic E-state index is 15.2. The minimum absolute atomic E-state index is 0.0235. The summed E-state index contributed by atoms with van der Waals surface area (Å²) in [5.41, 5.74) is 1.28. The molecule has 4 rings (SSSR count). The highest BCUT2D eigenvalue weighted by Gasteiger charge is 2.57. The molecule has 4 nitrogen and oxygen atoms in total. The first-order chi connectivity index (χ1) is 13.3. The molecular formula is C21H24F2N2O2S. The summed E-state index contributed by atoms with van der Waals surface area (Å²) >= 11 is 0. The van der Waals surface area contributed by atoms with Gasteiger partial charge in [-0.1, -0.05) is 30.3 Å². The van der Waals surface area contributed by atoms with E-state index in [0.29, 0.717) is 23.1 Å². The Morgan fingerprint density at radius 1 is 1.18 bits per heavy atom. The molecule has 1 aliphatic heterocycles. The molecule has 2 aliphatic rings. The molecule has 2 aromatic carbocycles. The molecule has 0 radical (unpaired) electrons. The highest BCUT2D eigenvalue weighted by molar-refractivity contribution is 7.89. The van der Waals surface area contributed by atoms with E-state index >= 15 is 4.39 Å². The first-order valence-electron chi connectivity index (χ1n) is 9.60. The molecule has 2 atom stereocenters. The second-order valence-corrected chi connectivity index (χ2v) is 9.88. The van der Waals surface area contributed by atoms with Gasteiger partial charge in [-0.2, -0.15) is 0 Å². The van der Waals surface area contributed by atoms with E-state index in [1.165, 1.54) is 12.1 Å². The van der Waals surface area contributed by atoms with E-state index in [1.54, 1.807) is 37.3 Å². The fourth-order valence-electron chi connectivity index (χ4n) is 4.16. The quantitative estimate of drug-likeness (QED) is 0.774. The third-order valence-corrected chi connectivity index (χ3v) is 7.38. The molecule has 0 bridgehead atoms. The van der Waals surface area contributed by atoms with Crippen LogP contribution < -0.4 is 10.0 Å². The Morgan fingerprint density at radius 2 is 1.93 bits per heavy atom. The number of benzene rings is 2. The van der Waals surface area contributed by atoms with Crippen LogP contribution >= 0.6 is 0 Å². The van der Waals surface area contributed by atoms with Crippen LogP contribution in [-0.4, -0.2) is 32.8 Å². The van der Waals surface area contributed by atoms with Crippen LogP contribution in [0.4, 0.5) is 8.78 Å². The van der Waals surface area contributed by atoms with Gasteiger partial charge in [-0.25, -0.2) is 21.9 Å². The van der Waals surface area contributed by atoms with Gasteiger partial charge in [-0.05, 0) is 49.4 Å². The molecule has 0 aromatic heterocycles. The second-order valence-electron chi connectivity index (χ2n) is 7.84. The Kier molecular flexibility index (Phi) is 5.02. The minimum atomic E-state index is -3.35. The van der Waals surface area contributed by atoms with Crippen LogP contribution in [0.3, 0.4) is 0 Å². The summed E-state index contributed by atoms with van der Waals surface area (Å²) in [5.74, 6) is -0.774. The van der Waals surface area contributed by atoms with Gasteiger partial charge in [0.15, 0.2) is 0 Å². The average Bonchev–Trinajstić information content (AvgIpc) is 3.38. The zero-order chi connectivity index (χ0) is 19.9. The van der Waals surface area contributed by atoms with Gasteiger partial charge in [0.05, 0.1) is 5.75 Å². The number of rotatable bonds is 6. The van der Waals surface area contributed by atoms with Crippen molar-refractivity contribution in [2.24, 2.45) is 5.41 Å². The van der Waals surface area contributed by atoms with Crippen LogP contribution in [-0.2, 0) is 16.4 Å². The summed E-state index contributed by atoms with van der Waals surface area (Å²) in [5, 5.41) is 3.40. The fourth-order valence-corrected chi connectivity index (χ4v) is 5.13. The van der Waals surface area contributed by atoms with Crippen molar-refractivity contribution in [3.63, 3.8) is 0 Å². The van der Waals surface area contributed by atoms with Gasteiger partial charge < -0.3 is 5.32 Å². The summed E-state index contributed by atoms with van der Waals surface area (Å²) in [6, 6.07) is 10.6. The molecule has 0 unspecified atom stereocenters. The highest BCUT2D eigenvalue weighted by Crippen LogP contribution is 2.52. The van der Waals surface area contributed by atoms with Crippen molar-refractivity contribution in [2.45, 2.75) is 38.3 Å². The van der Waals surface area contributed by atoms with Crippen LogP contribution in [0.25, 0.3) is 11.1 Å². The second kappa shape index (κ2) is 7.21. The summed E-state index contributed by atoms with van der Waals surface area (Å²) < 4.78 is 55.9. The van der Waals surface area contributed by atoms with Crippen LogP contribution in [0.1, 0.15) is 25.3 Å². The topological polar surface area (TPSA) is 58.2 Å². The summed E-state index contributed by atoms with van der Waals surface area (Å²) in [4.78, 5) is 0. The van der Waals surface area contributed by atoms with Crippen LogP contribution in [0.15, 0.2) is 42.5 Å². The number of halogens is 2. The lowest BCUT2D eigenvalue weighted by Gasteiger charge is -2.25. The standard InChI is InChI=1S/C21H24F2N2O2S/c1-2-28(26,27)25-20-18(24-13-21(20)9-10-21)12-15-6-4-8-17(19(15)23)14-5-3-7-16(22)11-14/h3-8,11,18,20,24-25H,2,9-10,12-13H2,1H3/t18-,20+/m0/s1. The molecule has 28 heavy (non-hydrogen) atoms. The van der Waals surface area contributed by atoms with Gasteiger partial charge in [0.25, 0.3) is 0 Å². The van der Waals surface area contributed by atoms with Crippen molar-refractivity contribution >= 4 is 10.0 Å². The monoisotopic (exact) mass is 406 g/mol. The molecule has 0 amide bonds. The van der Waals surface area contributed by atoms with E-state index in [4.69, 9.17) is 0 Å². The number of hydrogen-bond donors (Lipinski definition) is 2. The smallest absolute Gasteiger partial charge is 0.211 e. The first-order valence-corrected chi connectivity index (χ1v) is 11.3. The Bertz CT molecular complexity index is 990. The Morgan fingerprint density at radius 3 is 2.61 bits per heavy atom. The first kappa shape index (κ1) is 19.5. The predicted molar refractivity (Wildman–Crippen MR) is 105 cm³/mol. The largest absolute Gasteiger partial charge is 0.311 e. The predicted octanol–water partition coefficient (Wildman–Crippen LogP) is 3.23. The molecule has 2 fully saturated rings. The van der Waals surface area contributed by atoms with E-state index in [1.807, 2.05) is 0 Å². The molecule has 1 saturated carbocycles. The van der Waals surface area contributed by atoms with Gasteiger partial charge >= 0.3 is 0 Å². The van der Waals surface area contributed by atoms with Crippen LogP contribution in [0.5, 0.6) is 0 Å². The van der Waals surface area contributed by atoms with Gasteiger partial charge in [-0.15, -0.1) is 0 Å². The fraction of sp³-hybridized carbons (Fsp3) is 0.429. The number of hydrogen-bond acceptors (Lipinski definition) is 3. The van der Waals surface area contributed by atoms with Crippen LogP contribution in [0, 0.1) is 17.0 Å². The lowest BCUT2D eigenvalue weighted by Crippen LogP contribution is -2.48. The third kappa shape index (κ3) is 3.71. The molecule has 2 N–H and O–H groups in total. The van der Waals surface area contributed by atoms with E-state index in [0.717, 1.165) is 19.4 Å². The summed E-state index contributed by atoms with van der Waals surface area (Å²) in [6.07, 6.45) is 2.31. The van der Waals surface area contributed by atoms with Crippen molar-refractivity contribution in [3.8, 4) is 11.1 Å². The molecule has 1 saturated heterocycles. The van der Waals surface area contributed by atoms with Crippen molar-refractivity contribution < 1.29 is 17.2 Å². The maximum atomic E-state index is 15.2. The third-order valence-electron chi connectivity index (χ3n) is 6.01. The number of sulfonamides is 1. The zero-order valence-corrected chi connectivity index (χ0v) is 16.5. The molecule has 2 aromatic rings. The van der Waals surface area contributed by atoms with E-state index in [-0.39, 0.29) is 29.1 Å². The normalized spacial score (nSPS) is 23.2. The van der Waals surface area contributed by atoms with Crippen LogP contribution in [0.2, 0.25) is 0 Å². The molecule has 1 spiro atoms. The number of nitrogens with one attached hydrogen (secondary N) is 2. The van der Waals surface area contributed by atoms with E-state index in [9.17, 15) is 12.8 Å². The van der Waals surface area contributed by atoms with Crippen molar-refractivity contribution in [3.05, 3.63) is 59.7 Å². The highest BCUT2D eigenvalue weighted by atomic mass is 32.2. The summed E-state index contributed by atoms with van der Waals surface area (Å²) in [7, 11) is -3.35. The SMILES string of the molecule is CCS(=O)(=O)N[C@@H]1[C@H](Cc2cccc(-c3cccc(F)c3)c2F)NCC12CC2. The Balaban J connectivity index is 1.61. The van der Waals surface area contributed by atoms with E-state index in [2.05, 4.69) is 10.0 Å². The summed E-state index contributed by atoms with van der Waals surface area (Å²) in [6.45, 7) is 2.35. The molecule has 150 valence electrons. The lowest BCUT2D eigenvalue weighted by atomic mass is 9.91. The van der Waals surface area contributed by atoms with Crippen molar-refractivity contribution in [1.82, 2.24) is 10.0 Å². The van der Waals surface area contributed by atoms with Gasteiger partial charge in [0.2, 0.25) is 10.0 Å². The van der Waals surface area contributed by atoms with Crippen molar-refractivity contribution in [2.75, 3.05) is 12.3 Å². The van der Waals surface area contributed by atoms with E-state index < -0.39 is 15.8 Å². The molecular weight excluding hydrogens is 382 g/mol. The maximum Gasteiger partial charge on any atom is 0.211 e. The van der Waals surface area contributed by atoms with Gasteiger partial charge in [0.1, 0.15) is 11.6 Å². The zero-order valence-electron chi connectivity index (χ0n) is 15.7. The molecule has 1 aliphatic carbocycles. The Hall–Kier alpha value is -1.83.